The van der Waals surface area contributed by atoms with Crippen LogP contribution in [0.15, 0.2) is 12.1 Å². The van der Waals surface area contributed by atoms with E-state index in [0.29, 0.717) is 19.3 Å². The number of hydrogen-bond acceptors (Lipinski definition) is 2. The molecule has 0 saturated carbocycles. The van der Waals surface area contributed by atoms with Gasteiger partial charge in [0.15, 0.2) is 0 Å². The molecule has 1 aromatic heterocycles. The zero-order chi connectivity index (χ0) is 11.5. The van der Waals surface area contributed by atoms with E-state index >= 15 is 0 Å². The van der Waals surface area contributed by atoms with Crippen LogP contribution >= 0.6 is 22.9 Å². The van der Waals surface area contributed by atoms with E-state index in [4.69, 9.17) is 11.6 Å². The molecule has 15 heavy (non-hydrogen) atoms. The van der Waals surface area contributed by atoms with Crippen LogP contribution in [0.2, 0.25) is 4.34 Å². The first-order chi connectivity index (χ1) is 7.04. The average Bonchev–Trinajstić information content (AvgIpc) is 2.60. The van der Waals surface area contributed by atoms with Crippen molar-refractivity contribution < 1.29 is 9.90 Å². The van der Waals surface area contributed by atoms with E-state index in [-0.39, 0.29) is 0 Å². The maximum absolute atomic E-state index is 11.3. The normalized spacial score (nSPS) is 11.7. The molecule has 0 aromatic carbocycles. The third-order valence-electron chi connectivity index (χ3n) is 2.95. The largest absolute Gasteiger partial charge is 0.481 e. The van der Waals surface area contributed by atoms with Crippen LogP contribution in [0.4, 0.5) is 0 Å². The van der Waals surface area contributed by atoms with Crippen molar-refractivity contribution in [1.29, 1.82) is 0 Å². The Bertz CT molecular complexity index is 342. The minimum absolute atomic E-state index is 0.576. The van der Waals surface area contributed by atoms with Crippen LogP contribution in [0.25, 0.3) is 0 Å². The molecule has 2 nitrogen and oxygen atoms in total. The van der Waals surface area contributed by atoms with Crippen molar-refractivity contribution in [2.45, 2.75) is 33.1 Å². The predicted octanol–water partition coefficient (Wildman–Crippen LogP) is 3.84. The lowest BCUT2D eigenvalue weighted by Gasteiger charge is -2.25. The summed E-state index contributed by atoms with van der Waals surface area (Å²) in [6.45, 7) is 3.85. The van der Waals surface area contributed by atoms with Gasteiger partial charge >= 0.3 is 5.97 Å². The summed E-state index contributed by atoms with van der Waals surface area (Å²) < 4.78 is 0.719. The summed E-state index contributed by atoms with van der Waals surface area (Å²) in [4.78, 5) is 12.3. The van der Waals surface area contributed by atoms with E-state index in [2.05, 4.69) is 0 Å². The van der Waals surface area contributed by atoms with Gasteiger partial charge in [-0.05, 0) is 31.4 Å². The molecule has 0 atom stereocenters. The summed E-state index contributed by atoms with van der Waals surface area (Å²) in [5.41, 5.74) is -0.631. The summed E-state index contributed by atoms with van der Waals surface area (Å²) in [6.07, 6.45) is 1.87. The minimum atomic E-state index is -0.711. The van der Waals surface area contributed by atoms with Crippen LogP contribution in [0.3, 0.4) is 0 Å². The zero-order valence-electron chi connectivity index (χ0n) is 8.92. The van der Waals surface area contributed by atoms with Gasteiger partial charge in [-0.2, -0.15) is 0 Å². The van der Waals surface area contributed by atoms with Gasteiger partial charge in [-0.15, -0.1) is 11.3 Å². The fourth-order valence-corrected chi connectivity index (χ4v) is 2.89. The Balaban J connectivity index is 2.88. The van der Waals surface area contributed by atoms with Crippen LogP contribution < -0.4 is 0 Å². The first kappa shape index (κ1) is 12.5. The zero-order valence-corrected chi connectivity index (χ0v) is 10.5. The highest BCUT2D eigenvalue weighted by atomic mass is 35.5. The lowest BCUT2D eigenvalue weighted by atomic mass is 9.79. The summed E-state index contributed by atoms with van der Waals surface area (Å²) in [5.74, 6) is -0.711. The Morgan fingerprint density at radius 1 is 1.47 bits per heavy atom. The van der Waals surface area contributed by atoms with Crippen molar-refractivity contribution in [2.24, 2.45) is 5.41 Å². The molecule has 0 aliphatic rings. The molecule has 0 bridgehead atoms. The van der Waals surface area contributed by atoms with Gasteiger partial charge in [0.25, 0.3) is 0 Å². The monoisotopic (exact) mass is 246 g/mol. The SMILES string of the molecule is CCC(CC)(Cc1ccc(Cl)s1)C(=O)O. The number of hydrogen-bond donors (Lipinski definition) is 1. The van der Waals surface area contributed by atoms with E-state index < -0.39 is 11.4 Å². The molecule has 0 saturated heterocycles. The lowest BCUT2D eigenvalue weighted by Crippen LogP contribution is -2.31. The van der Waals surface area contributed by atoms with Gasteiger partial charge in [0, 0.05) is 4.88 Å². The van der Waals surface area contributed by atoms with Crippen LogP contribution in [-0.4, -0.2) is 11.1 Å². The van der Waals surface area contributed by atoms with E-state index in [1.807, 2.05) is 26.0 Å². The average molecular weight is 247 g/mol. The Morgan fingerprint density at radius 2 is 2.07 bits per heavy atom. The summed E-state index contributed by atoms with van der Waals surface area (Å²) in [7, 11) is 0. The number of carboxylic acids is 1. The quantitative estimate of drug-likeness (QED) is 0.857. The Hall–Kier alpha value is -0.540. The molecule has 4 heteroatoms. The number of aliphatic carboxylic acids is 1. The van der Waals surface area contributed by atoms with Crippen molar-refractivity contribution in [3.05, 3.63) is 21.3 Å². The topological polar surface area (TPSA) is 37.3 Å². The summed E-state index contributed by atoms with van der Waals surface area (Å²) >= 11 is 7.29. The fourth-order valence-electron chi connectivity index (χ4n) is 1.66. The van der Waals surface area contributed by atoms with Crippen LogP contribution in [0.1, 0.15) is 31.6 Å². The maximum Gasteiger partial charge on any atom is 0.309 e. The lowest BCUT2D eigenvalue weighted by molar-refractivity contribution is -0.149. The van der Waals surface area contributed by atoms with Crippen molar-refractivity contribution in [2.75, 3.05) is 0 Å². The number of halogens is 1. The van der Waals surface area contributed by atoms with Gasteiger partial charge in [0.2, 0.25) is 0 Å². The standard InChI is InChI=1S/C11H15ClO2S/c1-3-11(4-2,10(13)14)7-8-5-6-9(12)15-8/h5-6H,3-4,7H2,1-2H3,(H,13,14). The van der Waals surface area contributed by atoms with Crippen molar-refractivity contribution >= 4 is 28.9 Å². The number of thiophene rings is 1. The number of carbonyl (C=O) groups is 1. The molecule has 0 radical (unpaired) electrons. The van der Waals surface area contributed by atoms with Crippen molar-refractivity contribution in [3.63, 3.8) is 0 Å². The summed E-state index contributed by atoms with van der Waals surface area (Å²) in [6, 6.07) is 3.73. The Labute approximate surface area is 98.9 Å². The molecule has 0 amide bonds. The maximum atomic E-state index is 11.3. The van der Waals surface area contributed by atoms with E-state index in [1.165, 1.54) is 11.3 Å². The van der Waals surface area contributed by atoms with Crippen LogP contribution in [0, 0.1) is 5.41 Å². The van der Waals surface area contributed by atoms with Gasteiger partial charge in [-0.3, -0.25) is 4.79 Å². The van der Waals surface area contributed by atoms with Crippen molar-refractivity contribution in [1.82, 2.24) is 0 Å². The molecule has 1 N–H and O–H groups in total. The summed E-state index contributed by atoms with van der Waals surface area (Å²) in [5, 5.41) is 9.26. The smallest absolute Gasteiger partial charge is 0.309 e. The molecule has 0 spiro atoms. The van der Waals surface area contributed by atoms with Crippen LogP contribution in [0.5, 0.6) is 0 Å². The second kappa shape index (κ2) is 4.99. The first-order valence-electron chi connectivity index (χ1n) is 5.01. The molecule has 0 unspecified atom stereocenters. The minimum Gasteiger partial charge on any atom is -0.481 e. The molecule has 0 aliphatic carbocycles. The molecule has 1 heterocycles. The third kappa shape index (κ3) is 2.73. The van der Waals surface area contributed by atoms with E-state index in [1.54, 1.807) is 0 Å². The van der Waals surface area contributed by atoms with E-state index in [9.17, 15) is 9.90 Å². The molecule has 1 rings (SSSR count). The van der Waals surface area contributed by atoms with Gasteiger partial charge in [0.1, 0.15) is 0 Å². The van der Waals surface area contributed by atoms with Crippen molar-refractivity contribution in [3.8, 4) is 0 Å². The Kier molecular flexibility index (Phi) is 4.17. The van der Waals surface area contributed by atoms with Gasteiger partial charge < -0.3 is 5.11 Å². The molecule has 0 aliphatic heterocycles. The van der Waals surface area contributed by atoms with E-state index in [0.717, 1.165) is 9.21 Å². The van der Waals surface area contributed by atoms with Crippen LogP contribution in [-0.2, 0) is 11.2 Å². The molecular weight excluding hydrogens is 232 g/mol. The molecule has 0 fully saturated rings. The highest BCUT2D eigenvalue weighted by molar-refractivity contribution is 7.16. The van der Waals surface area contributed by atoms with Gasteiger partial charge in [-0.25, -0.2) is 0 Å². The second-order valence-electron chi connectivity index (χ2n) is 3.68. The number of rotatable bonds is 5. The molecular formula is C11H15ClO2S. The number of carboxylic acid groups (broad SMARTS) is 1. The molecule has 84 valence electrons. The van der Waals surface area contributed by atoms with Gasteiger partial charge in [-0.1, -0.05) is 25.4 Å². The Morgan fingerprint density at radius 3 is 2.40 bits per heavy atom. The predicted molar refractivity (Wildman–Crippen MR) is 63.7 cm³/mol. The fraction of sp³-hybridized carbons (Fsp3) is 0.545. The first-order valence-corrected chi connectivity index (χ1v) is 6.21. The third-order valence-corrected chi connectivity index (χ3v) is 4.18. The highest BCUT2D eigenvalue weighted by Gasteiger charge is 2.35. The molecule has 1 aromatic rings. The highest BCUT2D eigenvalue weighted by Crippen LogP contribution is 2.34. The van der Waals surface area contributed by atoms with Gasteiger partial charge in [0.05, 0.1) is 9.75 Å². The second-order valence-corrected chi connectivity index (χ2v) is 5.47.